The molecule has 146 valence electrons. The Bertz CT molecular complexity index is 846. The van der Waals surface area contributed by atoms with Gasteiger partial charge in [0.1, 0.15) is 0 Å². The number of hydrogen-bond donors (Lipinski definition) is 1. The molecule has 0 aromatic heterocycles. The van der Waals surface area contributed by atoms with Gasteiger partial charge in [0, 0.05) is 22.6 Å². The summed E-state index contributed by atoms with van der Waals surface area (Å²) in [5, 5.41) is 15.7. The van der Waals surface area contributed by atoms with Crippen LogP contribution >= 0.6 is 0 Å². The van der Waals surface area contributed by atoms with E-state index in [1.807, 2.05) is 42.5 Å². The van der Waals surface area contributed by atoms with E-state index in [1.54, 1.807) is 12.1 Å². The third-order valence-electron chi connectivity index (χ3n) is 6.36. The molecule has 0 amide bonds. The van der Waals surface area contributed by atoms with Crippen LogP contribution in [0.2, 0.25) is 0 Å². The number of carbonyl (C=O) groups is 1. The molecule has 0 bridgehead atoms. The SMILES string of the molecule is O=C(C[C@@H]1c2ccccc2N[C@H](C2CCCCC2)[C@H]1[N+](=O)[O-])c1ccccc1. The predicted octanol–water partition coefficient (Wildman–Crippen LogP) is 5.06. The first-order valence-corrected chi connectivity index (χ1v) is 10.2. The highest BCUT2D eigenvalue weighted by Crippen LogP contribution is 2.43. The Labute approximate surface area is 165 Å². The van der Waals surface area contributed by atoms with E-state index in [4.69, 9.17) is 0 Å². The average Bonchev–Trinajstić information content (AvgIpc) is 2.74. The number of hydrogen-bond acceptors (Lipinski definition) is 4. The van der Waals surface area contributed by atoms with E-state index in [1.165, 1.54) is 6.42 Å². The van der Waals surface area contributed by atoms with Crippen LogP contribution in [0.1, 0.15) is 60.4 Å². The minimum Gasteiger partial charge on any atom is -0.375 e. The third-order valence-corrected chi connectivity index (χ3v) is 6.36. The first kappa shape index (κ1) is 18.7. The van der Waals surface area contributed by atoms with Crippen molar-refractivity contribution in [2.45, 2.75) is 56.5 Å². The number of ketones is 1. The van der Waals surface area contributed by atoms with Gasteiger partial charge in [0.25, 0.3) is 0 Å². The highest BCUT2D eigenvalue weighted by Gasteiger charge is 2.48. The molecule has 0 saturated heterocycles. The lowest BCUT2D eigenvalue weighted by atomic mass is 9.72. The minimum atomic E-state index is -0.786. The van der Waals surface area contributed by atoms with Gasteiger partial charge in [0.15, 0.2) is 5.78 Å². The van der Waals surface area contributed by atoms with Gasteiger partial charge in [-0.3, -0.25) is 14.9 Å². The van der Waals surface area contributed by atoms with E-state index in [0.717, 1.165) is 36.9 Å². The number of fused-ring (bicyclic) bond motifs is 1. The van der Waals surface area contributed by atoms with Crippen LogP contribution in [0.5, 0.6) is 0 Å². The second-order valence-corrected chi connectivity index (χ2v) is 8.03. The van der Waals surface area contributed by atoms with E-state index in [9.17, 15) is 14.9 Å². The maximum absolute atomic E-state index is 12.9. The summed E-state index contributed by atoms with van der Waals surface area (Å²) in [5.41, 5.74) is 2.46. The summed E-state index contributed by atoms with van der Waals surface area (Å²) in [5.74, 6) is -0.157. The smallest absolute Gasteiger partial charge is 0.240 e. The number of benzene rings is 2. The Balaban J connectivity index is 1.70. The monoisotopic (exact) mass is 378 g/mol. The number of carbonyl (C=O) groups excluding carboxylic acids is 1. The summed E-state index contributed by atoms with van der Waals surface area (Å²) in [6, 6.07) is 15.9. The first-order valence-electron chi connectivity index (χ1n) is 10.2. The van der Waals surface area contributed by atoms with Crippen LogP contribution in [0.25, 0.3) is 0 Å². The van der Waals surface area contributed by atoms with Gasteiger partial charge >= 0.3 is 0 Å². The van der Waals surface area contributed by atoms with Crippen molar-refractivity contribution in [1.29, 1.82) is 0 Å². The van der Waals surface area contributed by atoms with Crippen molar-refractivity contribution in [2.75, 3.05) is 5.32 Å². The molecule has 28 heavy (non-hydrogen) atoms. The molecule has 1 N–H and O–H groups in total. The normalized spacial score (nSPS) is 24.8. The number of Topliss-reactive ketones (excluding diaryl/α,β-unsaturated/α-hetero) is 1. The Morgan fingerprint density at radius 3 is 2.39 bits per heavy atom. The van der Waals surface area contributed by atoms with Crippen molar-refractivity contribution in [3.63, 3.8) is 0 Å². The van der Waals surface area contributed by atoms with Crippen LogP contribution in [-0.4, -0.2) is 22.8 Å². The van der Waals surface area contributed by atoms with Crippen molar-refractivity contribution in [3.8, 4) is 0 Å². The Morgan fingerprint density at radius 2 is 1.68 bits per heavy atom. The average molecular weight is 378 g/mol. The van der Waals surface area contributed by atoms with Crippen LogP contribution in [-0.2, 0) is 0 Å². The van der Waals surface area contributed by atoms with Gasteiger partial charge in [0.2, 0.25) is 6.04 Å². The zero-order valence-electron chi connectivity index (χ0n) is 15.9. The fourth-order valence-corrected chi connectivity index (χ4v) is 4.99. The molecule has 0 spiro atoms. The summed E-state index contributed by atoms with van der Waals surface area (Å²) in [4.78, 5) is 25.0. The van der Waals surface area contributed by atoms with Gasteiger partial charge in [-0.1, -0.05) is 67.8 Å². The van der Waals surface area contributed by atoms with Gasteiger partial charge in [-0.25, -0.2) is 0 Å². The number of para-hydroxylation sites is 1. The van der Waals surface area contributed by atoms with Crippen molar-refractivity contribution < 1.29 is 9.72 Å². The van der Waals surface area contributed by atoms with E-state index in [-0.39, 0.29) is 29.1 Å². The van der Waals surface area contributed by atoms with Crippen LogP contribution in [0.3, 0.4) is 0 Å². The molecule has 1 heterocycles. The topological polar surface area (TPSA) is 72.2 Å². The fraction of sp³-hybridized carbons (Fsp3) is 0.435. The molecule has 5 heteroatoms. The first-order chi connectivity index (χ1) is 13.6. The number of anilines is 1. The highest BCUT2D eigenvalue weighted by molar-refractivity contribution is 5.96. The standard InChI is InChI=1S/C23H26N2O3/c26-21(16-9-3-1-4-10-16)15-19-18-13-7-8-14-20(18)24-22(23(19)25(27)28)17-11-5-2-6-12-17/h1,3-4,7-10,13-14,17,19,22-24H,2,5-6,11-12,15H2/t19-,22-,23+/m1/s1. The molecule has 1 saturated carbocycles. The summed E-state index contributed by atoms with van der Waals surface area (Å²) < 4.78 is 0. The zero-order chi connectivity index (χ0) is 19.5. The maximum atomic E-state index is 12.9. The predicted molar refractivity (Wildman–Crippen MR) is 109 cm³/mol. The largest absolute Gasteiger partial charge is 0.375 e. The summed E-state index contributed by atoms with van der Waals surface area (Å²) in [7, 11) is 0. The Kier molecular flexibility index (Phi) is 5.42. The van der Waals surface area contributed by atoms with Gasteiger partial charge < -0.3 is 5.32 Å². The molecule has 5 nitrogen and oxygen atoms in total. The van der Waals surface area contributed by atoms with Crippen LogP contribution in [0.4, 0.5) is 5.69 Å². The van der Waals surface area contributed by atoms with Crippen molar-refractivity contribution in [1.82, 2.24) is 0 Å². The quantitative estimate of drug-likeness (QED) is 0.448. The van der Waals surface area contributed by atoms with Crippen LogP contribution in [0.15, 0.2) is 54.6 Å². The number of nitrogens with one attached hydrogen (secondary N) is 1. The Morgan fingerprint density at radius 1 is 1.00 bits per heavy atom. The lowest BCUT2D eigenvalue weighted by molar-refractivity contribution is -0.531. The molecule has 3 atom stereocenters. The van der Waals surface area contributed by atoms with Crippen LogP contribution in [0, 0.1) is 16.0 Å². The molecule has 4 rings (SSSR count). The molecule has 0 unspecified atom stereocenters. The molecule has 2 aromatic rings. The zero-order valence-corrected chi connectivity index (χ0v) is 15.9. The summed E-state index contributed by atoms with van der Waals surface area (Å²) in [6.07, 6.45) is 5.66. The fourth-order valence-electron chi connectivity index (χ4n) is 4.99. The molecule has 1 aliphatic carbocycles. The minimum absolute atomic E-state index is 0.0310. The van der Waals surface area contributed by atoms with Gasteiger partial charge in [-0.15, -0.1) is 0 Å². The van der Waals surface area contributed by atoms with Gasteiger partial charge in [-0.05, 0) is 30.4 Å². The lowest BCUT2D eigenvalue weighted by Gasteiger charge is -2.40. The molecular formula is C23H26N2O3. The van der Waals surface area contributed by atoms with Crippen molar-refractivity contribution in [2.24, 2.45) is 5.92 Å². The number of nitro groups is 1. The molecule has 2 aromatic carbocycles. The number of rotatable bonds is 5. The molecular weight excluding hydrogens is 352 g/mol. The van der Waals surface area contributed by atoms with Crippen LogP contribution < -0.4 is 5.32 Å². The van der Waals surface area contributed by atoms with E-state index < -0.39 is 12.0 Å². The molecule has 1 fully saturated rings. The van der Waals surface area contributed by atoms with E-state index in [2.05, 4.69) is 5.32 Å². The maximum Gasteiger partial charge on any atom is 0.240 e. The van der Waals surface area contributed by atoms with Gasteiger partial charge in [0.05, 0.1) is 12.0 Å². The summed E-state index contributed by atoms with van der Waals surface area (Å²) >= 11 is 0. The summed E-state index contributed by atoms with van der Waals surface area (Å²) in [6.45, 7) is 0. The second-order valence-electron chi connectivity index (χ2n) is 8.03. The van der Waals surface area contributed by atoms with E-state index >= 15 is 0 Å². The molecule has 0 radical (unpaired) electrons. The second kappa shape index (κ2) is 8.13. The Hall–Kier alpha value is -2.69. The van der Waals surface area contributed by atoms with Crippen molar-refractivity contribution in [3.05, 3.63) is 75.8 Å². The van der Waals surface area contributed by atoms with Crippen molar-refractivity contribution >= 4 is 11.5 Å². The lowest BCUT2D eigenvalue weighted by Crippen LogP contribution is -2.51. The highest BCUT2D eigenvalue weighted by atomic mass is 16.6. The number of nitrogens with zero attached hydrogens (tertiary/aromatic N) is 1. The third kappa shape index (κ3) is 3.66. The van der Waals surface area contributed by atoms with E-state index in [0.29, 0.717) is 5.56 Å². The molecule has 2 aliphatic rings. The molecule has 1 aliphatic heterocycles. The van der Waals surface area contributed by atoms with Gasteiger partial charge in [-0.2, -0.15) is 0 Å².